The zero-order valence-corrected chi connectivity index (χ0v) is 14.5. The van der Waals surface area contributed by atoms with E-state index in [4.69, 9.17) is 27.6 Å². The predicted octanol–water partition coefficient (Wildman–Crippen LogP) is 6.11. The lowest BCUT2D eigenvalue weighted by Crippen LogP contribution is -2.02. The Labute approximate surface area is 154 Å². The molecular formula is C19H13Cl2NO3. The largest absolute Gasteiger partial charge is 0.456 e. The van der Waals surface area contributed by atoms with Crippen molar-refractivity contribution in [3.05, 3.63) is 97.8 Å². The fourth-order valence-electron chi connectivity index (χ4n) is 2.37. The molecule has 0 unspecified atom stereocenters. The van der Waals surface area contributed by atoms with Gasteiger partial charge in [-0.2, -0.15) is 0 Å². The van der Waals surface area contributed by atoms with Gasteiger partial charge in [0, 0.05) is 5.56 Å². The predicted molar refractivity (Wildman–Crippen MR) is 99.3 cm³/mol. The maximum absolute atomic E-state index is 11.3. The zero-order valence-electron chi connectivity index (χ0n) is 13.0. The lowest BCUT2D eigenvalue weighted by atomic mass is 10.1. The Morgan fingerprint density at radius 3 is 2.48 bits per heavy atom. The SMILES string of the molecule is O=[N+]([O-])/C(=C/c1ccc(-c2ccc(Cl)c(Cl)c2)o1)Cc1ccccc1. The number of furan rings is 1. The second-order valence-corrected chi connectivity index (χ2v) is 6.20. The summed E-state index contributed by atoms with van der Waals surface area (Å²) in [5, 5.41) is 12.2. The van der Waals surface area contributed by atoms with Gasteiger partial charge in [-0.15, -0.1) is 0 Å². The van der Waals surface area contributed by atoms with Gasteiger partial charge in [0.25, 0.3) is 5.70 Å². The van der Waals surface area contributed by atoms with Crippen LogP contribution in [0.15, 0.2) is 70.8 Å². The molecule has 0 atom stereocenters. The molecule has 1 aromatic heterocycles. The van der Waals surface area contributed by atoms with Crippen molar-refractivity contribution in [3.8, 4) is 11.3 Å². The van der Waals surface area contributed by atoms with Crippen LogP contribution in [-0.4, -0.2) is 4.92 Å². The molecule has 0 amide bonds. The number of hydrogen-bond acceptors (Lipinski definition) is 3. The average Bonchev–Trinajstić information content (AvgIpc) is 3.06. The third-order valence-corrected chi connectivity index (χ3v) is 4.34. The summed E-state index contributed by atoms with van der Waals surface area (Å²) in [7, 11) is 0. The standard InChI is InChI=1S/C19H13Cl2NO3/c20-17-8-6-14(11-18(17)21)19-9-7-16(25-19)12-15(22(23)24)10-13-4-2-1-3-5-13/h1-9,11-12H,10H2/b15-12+. The number of nitro groups is 1. The van der Waals surface area contributed by atoms with Crippen LogP contribution in [0.25, 0.3) is 17.4 Å². The second-order valence-electron chi connectivity index (χ2n) is 5.39. The summed E-state index contributed by atoms with van der Waals surface area (Å²) in [6, 6.07) is 17.8. The first-order chi connectivity index (χ1) is 12.0. The Morgan fingerprint density at radius 1 is 1.04 bits per heavy atom. The van der Waals surface area contributed by atoms with E-state index in [1.807, 2.05) is 30.3 Å². The van der Waals surface area contributed by atoms with E-state index in [9.17, 15) is 10.1 Å². The van der Waals surface area contributed by atoms with Crippen molar-refractivity contribution in [2.45, 2.75) is 6.42 Å². The van der Waals surface area contributed by atoms with Gasteiger partial charge in [-0.3, -0.25) is 10.1 Å². The van der Waals surface area contributed by atoms with Crippen LogP contribution in [0, 0.1) is 10.1 Å². The minimum atomic E-state index is -0.394. The molecule has 0 aliphatic heterocycles. The minimum Gasteiger partial charge on any atom is -0.456 e. The van der Waals surface area contributed by atoms with Crippen molar-refractivity contribution in [1.82, 2.24) is 0 Å². The Hall–Kier alpha value is -2.56. The van der Waals surface area contributed by atoms with Crippen LogP contribution >= 0.6 is 23.2 Å². The Morgan fingerprint density at radius 2 is 1.80 bits per heavy atom. The van der Waals surface area contributed by atoms with Crippen LogP contribution in [0.3, 0.4) is 0 Å². The molecule has 1 heterocycles. The highest BCUT2D eigenvalue weighted by Gasteiger charge is 2.14. The van der Waals surface area contributed by atoms with Crippen molar-refractivity contribution in [1.29, 1.82) is 0 Å². The monoisotopic (exact) mass is 373 g/mol. The molecule has 0 aliphatic carbocycles. The van der Waals surface area contributed by atoms with E-state index < -0.39 is 4.92 Å². The van der Waals surface area contributed by atoms with Gasteiger partial charge in [-0.1, -0.05) is 53.5 Å². The van der Waals surface area contributed by atoms with E-state index >= 15 is 0 Å². The quantitative estimate of drug-likeness (QED) is 0.400. The van der Waals surface area contributed by atoms with Gasteiger partial charge in [-0.05, 0) is 35.9 Å². The molecule has 0 radical (unpaired) electrons. The Balaban J connectivity index is 1.87. The van der Waals surface area contributed by atoms with E-state index in [0.29, 0.717) is 21.6 Å². The molecule has 0 N–H and O–H groups in total. The van der Waals surface area contributed by atoms with Crippen molar-refractivity contribution in [2.24, 2.45) is 0 Å². The molecule has 25 heavy (non-hydrogen) atoms. The van der Waals surface area contributed by atoms with Gasteiger partial charge in [0.1, 0.15) is 11.5 Å². The summed E-state index contributed by atoms with van der Waals surface area (Å²) in [4.78, 5) is 10.9. The molecule has 0 aliphatic rings. The second kappa shape index (κ2) is 7.55. The smallest absolute Gasteiger partial charge is 0.254 e. The van der Waals surface area contributed by atoms with E-state index in [0.717, 1.165) is 11.1 Å². The maximum Gasteiger partial charge on any atom is 0.254 e. The van der Waals surface area contributed by atoms with E-state index in [1.165, 1.54) is 6.08 Å². The van der Waals surface area contributed by atoms with Crippen LogP contribution in [0.4, 0.5) is 0 Å². The third kappa shape index (κ3) is 4.29. The van der Waals surface area contributed by atoms with Crippen molar-refractivity contribution in [3.63, 3.8) is 0 Å². The average molecular weight is 374 g/mol. The van der Waals surface area contributed by atoms with Gasteiger partial charge in [0.2, 0.25) is 0 Å². The third-order valence-electron chi connectivity index (χ3n) is 3.60. The highest BCUT2D eigenvalue weighted by Crippen LogP contribution is 2.30. The fraction of sp³-hybridized carbons (Fsp3) is 0.0526. The number of rotatable bonds is 5. The van der Waals surface area contributed by atoms with Gasteiger partial charge in [0.05, 0.1) is 27.5 Å². The van der Waals surface area contributed by atoms with E-state index in [2.05, 4.69) is 0 Å². The van der Waals surface area contributed by atoms with Crippen molar-refractivity contribution in [2.75, 3.05) is 0 Å². The zero-order chi connectivity index (χ0) is 17.8. The normalized spacial score (nSPS) is 11.5. The topological polar surface area (TPSA) is 56.3 Å². The van der Waals surface area contributed by atoms with Crippen molar-refractivity contribution >= 4 is 29.3 Å². The molecule has 126 valence electrons. The highest BCUT2D eigenvalue weighted by molar-refractivity contribution is 6.42. The summed E-state index contributed by atoms with van der Waals surface area (Å²) in [6.45, 7) is 0. The first kappa shape index (κ1) is 17.3. The number of nitrogens with zero attached hydrogens (tertiary/aromatic N) is 1. The molecule has 0 fully saturated rings. The lowest BCUT2D eigenvalue weighted by Gasteiger charge is -2.00. The fourth-order valence-corrected chi connectivity index (χ4v) is 2.67. The first-order valence-electron chi connectivity index (χ1n) is 7.47. The summed E-state index contributed by atoms with van der Waals surface area (Å²) in [5.41, 5.74) is 1.67. The van der Waals surface area contributed by atoms with Gasteiger partial charge < -0.3 is 4.42 Å². The van der Waals surface area contributed by atoms with E-state index in [1.54, 1.807) is 30.3 Å². The molecule has 0 saturated carbocycles. The highest BCUT2D eigenvalue weighted by atomic mass is 35.5. The molecule has 0 bridgehead atoms. The molecule has 3 aromatic rings. The molecule has 3 rings (SSSR count). The summed E-state index contributed by atoms with van der Waals surface area (Å²) in [6.07, 6.45) is 1.66. The molecule has 6 heteroatoms. The maximum atomic E-state index is 11.3. The molecule has 4 nitrogen and oxygen atoms in total. The van der Waals surface area contributed by atoms with Crippen LogP contribution in [0.1, 0.15) is 11.3 Å². The lowest BCUT2D eigenvalue weighted by molar-refractivity contribution is -0.425. The number of allylic oxidation sites excluding steroid dienone is 1. The van der Waals surface area contributed by atoms with Crippen LogP contribution < -0.4 is 0 Å². The Bertz CT molecular complexity index is 933. The van der Waals surface area contributed by atoms with Crippen molar-refractivity contribution < 1.29 is 9.34 Å². The first-order valence-corrected chi connectivity index (χ1v) is 8.22. The molecule has 0 spiro atoms. The number of hydrogen-bond donors (Lipinski definition) is 0. The van der Waals surface area contributed by atoms with Crippen LogP contribution in [-0.2, 0) is 6.42 Å². The number of halogens is 2. The Kier molecular flexibility index (Phi) is 5.22. The van der Waals surface area contributed by atoms with Gasteiger partial charge >= 0.3 is 0 Å². The summed E-state index contributed by atoms with van der Waals surface area (Å²) >= 11 is 11.9. The summed E-state index contributed by atoms with van der Waals surface area (Å²) < 4.78 is 5.70. The molecule has 2 aromatic carbocycles. The molecule has 0 saturated heterocycles. The van der Waals surface area contributed by atoms with Gasteiger partial charge in [0.15, 0.2) is 0 Å². The molecular weight excluding hydrogens is 361 g/mol. The van der Waals surface area contributed by atoms with Gasteiger partial charge in [-0.25, -0.2) is 0 Å². The van der Waals surface area contributed by atoms with Crippen LogP contribution in [0.5, 0.6) is 0 Å². The van der Waals surface area contributed by atoms with Crippen LogP contribution in [0.2, 0.25) is 10.0 Å². The minimum absolute atomic E-state index is 0.0567. The summed E-state index contributed by atoms with van der Waals surface area (Å²) in [5.74, 6) is 0.968. The van der Waals surface area contributed by atoms with E-state index in [-0.39, 0.29) is 12.1 Å². The number of benzene rings is 2.